The third-order valence-electron chi connectivity index (χ3n) is 3.80. The lowest BCUT2D eigenvalue weighted by Crippen LogP contribution is -2.34. The van der Waals surface area contributed by atoms with Crippen LogP contribution in [0.1, 0.15) is 19.3 Å². The fraction of sp³-hybridized carbons (Fsp3) is 0.462. The van der Waals surface area contributed by atoms with E-state index in [2.05, 4.69) is 15.5 Å². The first-order chi connectivity index (χ1) is 9.04. The van der Waals surface area contributed by atoms with Crippen LogP contribution in [0, 0.1) is 0 Å². The largest absolute Gasteiger partial charge is 0.381 e. The lowest BCUT2D eigenvalue weighted by molar-refractivity contribution is 0.579. The first kappa shape index (κ1) is 12.5. The van der Waals surface area contributed by atoms with Crippen molar-refractivity contribution in [3.63, 3.8) is 0 Å². The summed E-state index contributed by atoms with van der Waals surface area (Å²) in [6.45, 7) is 0. The molecule has 1 fully saturated rings. The van der Waals surface area contributed by atoms with E-state index in [1.807, 2.05) is 18.2 Å². The molecule has 19 heavy (non-hydrogen) atoms. The van der Waals surface area contributed by atoms with Gasteiger partial charge in [0.15, 0.2) is 9.84 Å². The van der Waals surface area contributed by atoms with Gasteiger partial charge in [0.2, 0.25) is 0 Å². The molecular formula is C13H17N3O2S. The van der Waals surface area contributed by atoms with E-state index in [1.165, 1.54) is 6.26 Å². The highest BCUT2D eigenvalue weighted by Gasteiger charge is 2.34. The third-order valence-corrected chi connectivity index (χ3v) is 5.46. The maximum absolute atomic E-state index is 11.7. The Hall–Kier alpha value is -1.56. The van der Waals surface area contributed by atoms with Gasteiger partial charge in [-0.3, -0.25) is 5.10 Å². The van der Waals surface area contributed by atoms with Gasteiger partial charge in [0.05, 0.1) is 17.0 Å². The van der Waals surface area contributed by atoms with Gasteiger partial charge in [-0.05, 0) is 37.5 Å². The van der Waals surface area contributed by atoms with E-state index in [0.29, 0.717) is 0 Å². The molecule has 102 valence electrons. The topological polar surface area (TPSA) is 74.8 Å². The van der Waals surface area contributed by atoms with Gasteiger partial charge < -0.3 is 5.32 Å². The molecular weight excluding hydrogens is 262 g/mol. The third kappa shape index (κ3) is 2.45. The number of nitrogens with one attached hydrogen (secondary N) is 2. The van der Waals surface area contributed by atoms with Crippen LogP contribution >= 0.6 is 0 Å². The predicted octanol–water partition coefficient (Wildman–Crippen LogP) is 1.94. The zero-order valence-corrected chi connectivity index (χ0v) is 11.6. The number of aromatic nitrogens is 2. The summed E-state index contributed by atoms with van der Waals surface area (Å²) in [5, 5.41) is 11.0. The minimum absolute atomic E-state index is 0.00960. The van der Waals surface area contributed by atoms with E-state index >= 15 is 0 Å². The van der Waals surface area contributed by atoms with Crippen molar-refractivity contribution < 1.29 is 8.42 Å². The fourth-order valence-corrected chi connectivity index (χ4v) is 4.24. The van der Waals surface area contributed by atoms with Gasteiger partial charge in [-0.15, -0.1) is 0 Å². The molecule has 2 atom stereocenters. The summed E-state index contributed by atoms with van der Waals surface area (Å²) in [5.74, 6) is 0. The molecule has 0 amide bonds. The quantitative estimate of drug-likeness (QED) is 0.900. The first-order valence-corrected chi connectivity index (χ1v) is 8.38. The van der Waals surface area contributed by atoms with Crippen LogP contribution in [0.25, 0.3) is 10.9 Å². The summed E-state index contributed by atoms with van der Waals surface area (Å²) in [5.41, 5.74) is 1.90. The average molecular weight is 279 g/mol. The lowest BCUT2D eigenvalue weighted by atomic mass is 10.2. The SMILES string of the molecule is CS(=O)(=O)C1CCCC1Nc1ccc2cn[nH]c2c1. The Balaban J connectivity index is 1.84. The van der Waals surface area contributed by atoms with E-state index in [-0.39, 0.29) is 11.3 Å². The molecule has 5 nitrogen and oxygen atoms in total. The number of rotatable bonds is 3. The summed E-state index contributed by atoms with van der Waals surface area (Å²) in [4.78, 5) is 0. The highest BCUT2D eigenvalue weighted by atomic mass is 32.2. The van der Waals surface area contributed by atoms with Crippen LogP contribution in [-0.4, -0.2) is 36.2 Å². The van der Waals surface area contributed by atoms with Crippen LogP contribution in [-0.2, 0) is 9.84 Å². The van der Waals surface area contributed by atoms with Crippen molar-refractivity contribution in [1.82, 2.24) is 10.2 Å². The molecule has 3 rings (SSSR count). The fourth-order valence-electron chi connectivity index (χ4n) is 2.84. The van der Waals surface area contributed by atoms with Crippen molar-refractivity contribution in [2.45, 2.75) is 30.6 Å². The van der Waals surface area contributed by atoms with Gasteiger partial charge in [-0.1, -0.05) is 0 Å². The van der Waals surface area contributed by atoms with Crippen LogP contribution in [0.2, 0.25) is 0 Å². The van der Waals surface area contributed by atoms with Gasteiger partial charge in [-0.25, -0.2) is 8.42 Å². The minimum Gasteiger partial charge on any atom is -0.381 e. The number of aromatic amines is 1. The van der Waals surface area contributed by atoms with Crippen molar-refractivity contribution in [3.8, 4) is 0 Å². The second-order valence-electron chi connectivity index (χ2n) is 5.22. The molecule has 1 aromatic heterocycles. The lowest BCUT2D eigenvalue weighted by Gasteiger charge is -2.20. The van der Waals surface area contributed by atoms with Crippen molar-refractivity contribution in [3.05, 3.63) is 24.4 Å². The molecule has 1 aromatic carbocycles. The first-order valence-electron chi connectivity index (χ1n) is 6.42. The van der Waals surface area contributed by atoms with E-state index in [4.69, 9.17) is 0 Å². The second-order valence-corrected chi connectivity index (χ2v) is 7.49. The van der Waals surface area contributed by atoms with Crippen LogP contribution in [0.3, 0.4) is 0 Å². The molecule has 6 heteroatoms. The molecule has 0 bridgehead atoms. The van der Waals surface area contributed by atoms with Gasteiger partial charge in [0, 0.05) is 23.4 Å². The second kappa shape index (κ2) is 4.52. The van der Waals surface area contributed by atoms with E-state index in [0.717, 1.165) is 35.9 Å². The molecule has 2 aromatic rings. The highest BCUT2D eigenvalue weighted by molar-refractivity contribution is 7.91. The number of hydrogen-bond acceptors (Lipinski definition) is 4. The summed E-state index contributed by atoms with van der Waals surface area (Å²) in [6, 6.07) is 5.93. The van der Waals surface area contributed by atoms with Crippen molar-refractivity contribution in [2.75, 3.05) is 11.6 Å². The Kier molecular flexibility index (Phi) is 2.97. The molecule has 1 saturated carbocycles. The van der Waals surface area contributed by atoms with Crippen LogP contribution in [0.4, 0.5) is 5.69 Å². The molecule has 0 aliphatic heterocycles. The molecule has 1 heterocycles. The van der Waals surface area contributed by atoms with Crippen molar-refractivity contribution in [2.24, 2.45) is 0 Å². The maximum Gasteiger partial charge on any atom is 0.152 e. The monoisotopic (exact) mass is 279 g/mol. The Labute approximate surface area is 112 Å². The summed E-state index contributed by atoms with van der Waals surface area (Å²) < 4.78 is 23.5. The molecule has 0 spiro atoms. The van der Waals surface area contributed by atoms with Gasteiger partial charge in [-0.2, -0.15) is 5.10 Å². The van der Waals surface area contributed by atoms with Crippen LogP contribution in [0.15, 0.2) is 24.4 Å². The van der Waals surface area contributed by atoms with Crippen molar-refractivity contribution in [1.29, 1.82) is 0 Å². The zero-order chi connectivity index (χ0) is 13.5. The van der Waals surface area contributed by atoms with Crippen molar-refractivity contribution >= 4 is 26.4 Å². The normalized spacial score (nSPS) is 23.8. The van der Waals surface area contributed by atoms with Gasteiger partial charge in [0.25, 0.3) is 0 Å². The van der Waals surface area contributed by atoms with E-state index in [9.17, 15) is 8.42 Å². The van der Waals surface area contributed by atoms with Gasteiger partial charge >= 0.3 is 0 Å². The zero-order valence-electron chi connectivity index (χ0n) is 10.8. The number of H-pyrrole nitrogens is 1. The predicted molar refractivity (Wildman–Crippen MR) is 76.0 cm³/mol. The summed E-state index contributed by atoms with van der Waals surface area (Å²) in [6.07, 6.45) is 5.72. The Bertz CT molecular complexity index is 693. The number of anilines is 1. The smallest absolute Gasteiger partial charge is 0.152 e. The van der Waals surface area contributed by atoms with E-state index in [1.54, 1.807) is 6.20 Å². The molecule has 0 saturated heterocycles. The standard InChI is InChI=1S/C13H17N3O2S/c1-19(17,18)13-4-2-3-11(13)15-10-6-5-9-8-14-16-12(9)7-10/h5-8,11,13,15H,2-4H2,1H3,(H,14,16). The number of fused-ring (bicyclic) bond motifs is 1. The highest BCUT2D eigenvalue weighted by Crippen LogP contribution is 2.28. The molecule has 2 unspecified atom stereocenters. The van der Waals surface area contributed by atoms with E-state index < -0.39 is 9.84 Å². The Morgan fingerprint density at radius 2 is 2.21 bits per heavy atom. The summed E-state index contributed by atoms with van der Waals surface area (Å²) >= 11 is 0. The maximum atomic E-state index is 11.7. The number of sulfone groups is 1. The Morgan fingerprint density at radius 1 is 1.37 bits per heavy atom. The molecule has 0 radical (unpaired) electrons. The van der Waals surface area contributed by atoms with Gasteiger partial charge in [0.1, 0.15) is 0 Å². The average Bonchev–Trinajstić information content (AvgIpc) is 2.95. The summed E-state index contributed by atoms with van der Waals surface area (Å²) in [7, 11) is -2.99. The number of nitrogens with zero attached hydrogens (tertiary/aromatic N) is 1. The molecule has 1 aliphatic carbocycles. The minimum atomic E-state index is -2.99. The molecule has 2 N–H and O–H groups in total. The number of hydrogen-bond donors (Lipinski definition) is 2. The molecule has 1 aliphatic rings. The Morgan fingerprint density at radius 3 is 3.00 bits per heavy atom. The number of benzene rings is 1. The van der Waals surface area contributed by atoms with Crippen LogP contribution < -0.4 is 5.32 Å². The van der Waals surface area contributed by atoms with Crippen LogP contribution in [0.5, 0.6) is 0 Å².